The molecule has 0 N–H and O–H groups in total. The van der Waals surface area contributed by atoms with Crippen LogP contribution in [0.4, 0.5) is 0 Å². The summed E-state index contributed by atoms with van der Waals surface area (Å²) in [4.78, 5) is 9.25. The molecule has 2 heterocycles. The van der Waals surface area contributed by atoms with E-state index in [1.54, 1.807) is 11.3 Å². The molecule has 1 aliphatic carbocycles. The van der Waals surface area contributed by atoms with Gasteiger partial charge in [-0.3, -0.25) is 0 Å². The van der Waals surface area contributed by atoms with Crippen LogP contribution in [0.1, 0.15) is 24.2 Å². The average Bonchev–Trinajstić information content (AvgIpc) is 2.61. The van der Waals surface area contributed by atoms with Crippen molar-refractivity contribution in [2.75, 3.05) is 0 Å². The van der Waals surface area contributed by atoms with Crippen molar-refractivity contribution in [2.45, 2.75) is 25.7 Å². The van der Waals surface area contributed by atoms with Crippen LogP contribution < -0.4 is 0 Å². The van der Waals surface area contributed by atoms with E-state index < -0.39 is 0 Å². The Morgan fingerprint density at radius 2 is 1.46 bits per heavy atom. The van der Waals surface area contributed by atoms with E-state index in [0.717, 1.165) is 23.9 Å². The molecule has 0 saturated carbocycles. The van der Waals surface area contributed by atoms with Crippen molar-refractivity contribution in [3.05, 3.63) is 22.1 Å². The maximum absolute atomic E-state index is 4.62. The Balaban J connectivity index is 2.28. The van der Waals surface area contributed by atoms with Crippen LogP contribution in [0.5, 0.6) is 0 Å². The molecule has 2 aromatic heterocycles. The van der Waals surface area contributed by atoms with Gasteiger partial charge in [0.05, 0.1) is 22.4 Å². The van der Waals surface area contributed by atoms with E-state index in [9.17, 15) is 0 Å². The number of fused-ring (bicyclic) bond motifs is 2. The monoisotopic (exact) mass is 190 g/mol. The lowest BCUT2D eigenvalue weighted by atomic mass is 10.0. The molecule has 0 aromatic carbocycles. The van der Waals surface area contributed by atoms with Gasteiger partial charge in [0.15, 0.2) is 0 Å². The first-order valence-electron chi connectivity index (χ1n) is 4.65. The van der Waals surface area contributed by atoms with E-state index in [1.807, 2.05) is 0 Å². The highest BCUT2D eigenvalue weighted by Gasteiger charge is 2.13. The molecule has 0 aliphatic heterocycles. The van der Waals surface area contributed by atoms with Crippen molar-refractivity contribution in [3.8, 4) is 0 Å². The van der Waals surface area contributed by atoms with Gasteiger partial charge in [0.1, 0.15) is 0 Å². The third kappa shape index (κ3) is 1.15. The van der Waals surface area contributed by atoms with Crippen LogP contribution >= 0.6 is 11.3 Å². The van der Waals surface area contributed by atoms with Crippen molar-refractivity contribution in [1.29, 1.82) is 0 Å². The van der Waals surface area contributed by atoms with Gasteiger partial charge in [-0.25, -0.2) is 9.97 Å². The van der Waals surface area contributed by atoms with Crippen LogP contribution in [0.2, 0.25) is 0 Å². The Morgan fingerprint density at radius 1 is 0.923 bits per heavy atom. The largest absolute Gasteiger partial charge is 0.248 e. The minimum Gasteiger partial charge on any atom is -0.248 e. The predicted molar refractivity (Wildman–Crippen MR) is 54.1 cm³/mol. The zero-order valence-corrected chi connectivity index (χ0v) is 8.10. The zero-order valence-electron chi connectivity index (χ0n) is 7.29. The molecule has 0 spiro atoms. The SMILES string of the molecule is c1scc2nc3c(nc12)CCCC3. The topological polar surface area (TPSA) is 25.8 Å². The van der Waals surface area contributed by atoms with E-state index >= 15 is 0 Å². The highest BCUT2D eigenvalue weighted by molar-refractivity contribution is 7.09. The summed E-state index contributed by atoms with van der Waals surface area (Å²) in [6, 6.07) is 0. The second kappa shape index (κ2) is 2.77. The minimum absolute atomic E-state index is 1.07. The summed E-state index contributed by atoms with van der Waals surface area (Å²) < 4.78 is 0. The van der Waals surface area contributed by atoms with Crippen molar-refractivity contribution in [3.63, 3.8) is 0 Å². The number of hydrogen-bond acceptors (Lipinski definition) is 3. The van der Waals surface area contributed by atoms with Crippen molar-refractivity contribution in [1.82, 2.24) is 9.97 Å². The van der Waals surface area contributed by atoms with E-state index in [2.05, 4.69) is 20.7 Å². The first kappa shape index (κ1) is 7.44. The summed E-state index contributed by atoms with van der Waals surface area (Å²) in [6.45, 7) is 0. The van der Waals surface area contributed by atoms with Crippen LogP contribution in [0.3, 0.4) is 0 Å². The van der Waals surface area contributed by atoms with Gasteiger partial charge < -0.3 is 0 Å². The second-order valence-electron chi connectivity index (χ2n) is 3.47. The minimum atomic E-state index is 1.07. The molecule has 0 saturated heterocycles. The maximum atomic E-state index is 4.62. The normalized spacial score (nSPS) is 16.0. The average molecular weight is 190 g/mol. The molecular formula is C10H10N2S. The molecule has 2 nitrogen and oxygen atoms in total. The lowest BCUT2D eigenvalue weighted by Crippen LogP contribution is -2.07. The lowest BCUT2D eigenvalue weighted by Gasteiger charge is -2.12. The number of thiophene rings is 1. The molecular weight excluding hydrogens is 180 g/mol. The van der Waals surface area contributed by atoms with Crippen molar-refractivity contribution < 1.29 is 0 Å². The molecule has 1 aliphatic rings. The molecule has 0 radical (unpaired) electrons. The Labute approximate surface area is 80.6 Å². The zero-order chi connectivity index (χ0) is 8.67. The standard InChI is InChI=1S/C10H10N2S/c1-2-4-8-7(3-1)11-9-5-13-6-10(9)12-8/h5-6H,1-4H2. The number of nitrogens with zero attached hydrogens (tertiary/aromatic N) is 2. The first-order chi connectivity index (χ1) is 6.43. The molecule has 13 heavy (non-hydrogen) atoms. The summed E-state index contributed by atoms with van der Waals surface area (Å²) in [7, 11) is 0. The third-order valence-corrected chi connectivity index (χ3v) is 3.26. The molecule has 66 valence electrons. The Bertz CT molecular complexity index is 407. The Kier molecular flexibility index (Phi) is 1.59. The molecule has 0 amide bonds. The number of aromatic nitrogens is 2. The summed E-state index contributed by atoms with van der Waals surface area (Å²) in [5, 5.41) is 4.16. The molecule has 2 aromatic rings. The highest BCUT2D eigenvalue weighted by atomic mass is 32.1. The fraction of sp³-hybridized carbons (Fsp3) is 0.400. The first-order valence-corrected chi connectivity index (χ1v) is 5.59. The van der Waals surface area contributed by atoms with Gasteiger partial charge in [0, 0.05) is 10.8 Å². The number of aryl methyl sites for hydroxylation is 2. The Hall–Kier alpha value is -0.960. The van der Waals surface area contributed by atoms with Crippen LogP contribution in [0.15, 0.2) is 10.8 Å². The van der Waals surface area contributed by atoms with Crippen LogP contribution in [0.25, 0.3) is 11.0 Å². The summed E-state index contributed by atoms with van der Waals surface area (Å²) in [6.07, 6.45) is 4.79. The van der Waals surface area contributed by atoms with E-state index in [0.29, 0.717) is 0 Å². The molecule has 3 heteroatoms. The van der Waals surface area contributed by atoms with Gasteiger partial charge in [-0.2, -0.15) is 0 Å². The third-order valence-electron chi connectivity index (χ3n) is 2.54. The van der Waals surface area contributed by atoms with Gasteiger partial charge in [-0.05, 0) is 25.7 Å². The van der Waals surface area contributed by atoms with E-state index in [-0.39, 0.29) is 0 Å². The van der Waals surface area contributed by atoms with Crippen molar-refractivity contribution >= 4 is 22.4 Å². The van der Waals surface area contributed by atoms with Gasteiger partial charge in [0.25, 0.3) is 0 Å². The maximum Gasteiger partial charge on any atom is 0.0997 e. The van der Waals surface area contributed by atoms with E-state index in [4.69, 9.17) is 0 Å². The molecule has 0 unspecified atom stereocenters. The predicted octanol–water partition coefficient (Wildman–Crippen LogP) is 2.57. The van der Waals surface area contributed by atoms with Gasteiger partial charge in [-0.1, -0.05) is 0 Å². The summed E-state index contributed by atoms with van der Waals surface area (Å²) in [5.41, 5.74) is 4.62. The van der Waals surface area contributed by atoms with Gasteiger partial charge in [-0.15, -0.1) is 11.3 Å². The highest BCUT2D eigenvalue weighted by Crippen LogP contribution is 2.22. The number of rotatable bonds is 0. The Morgan fingerprint density at radius 3 is 2.00 bits per heavy atom. The van der Waals surface area contributed by atoms with Crippen molar-refractivity contribution in [2.24, 2.45) is 0 Å². The van der Waals surface area contributed by atoms with Gasteiger partial charge in [0.2, 0.25) is 0 Å². The van der Waals surface area contributed by atoms with Crippen LogP contribution in [-0.4, -0.2) is 9.97 Å². The second-order valence-corrected chi connectivity index (χ2v) is 4.21. The smallest absolute Gasteiger partial charge is 0.0997 e. The fourth-order valence-electron chi connectivity index (χ4n) is 1.86. The van der Waals surface area contributed by atoms with E-state index in [1.165, 1.54) is 24.2 Å². The number of hydrogen-bond donors (Lipinski definition) is 0. The molecule has 3 rings (SSSR count). The van der Waals surface area contributed by atoms with Crippen LogP contribution in [-0.2, 0) is 12.8 Å². The molecule has 0 fully saturated rings. The van der Waals surface area contributed by atoms with Gasteiger partial charge >= 0.3 is 0 Å². The molecule has 0 atom stereocenters. The quantitative estimate of drug-likeness (QED) is 0.638. The van der Waals surface area contributed by atoms with Crippen LogP contribution in [0, 0.1) is 0 Å². The summed E-state index contributed by atoms with van der Waals surface area (Å²) in [5.74, 6) is 0. The molecule has 0 bridgehead atoms. The summed E-state index contributed by atoms with van der Waals surface area (Å²) >= 11 is 1.69. The lowest BCUT2D eigenvalue weighted by molar-refractivity contribution is 0.655. The fourth-order valence-corrected chi connectivity index (χ4v) is 2.53.